The van der Waals surface area contributed by atoms with E-state index in [0.29, 0.717) is 33.2 Å². The summed E-state index contributed by atoms with van der Waals surface area (Å²) in [4.78, 5) is 77.3. The van der Waals surface area contributed by atoms with Gasteiger partial charge < -0.3 is 31.7 Å². The Bertz CT molecular complexity index is 3460. The van der Waals surface area contributed by atoms with Gasteiger partial charge in [-0.15, -0.1) is 4.33 Å². The van der Waals surface area contributed by atoms with Gasteiger partial charge in [-0.2, -0.15) is 8.42 Å². The molecule has 22 heteroatoms. The number of Topliss-reactive ketones (excluding diaryl/α,β-unsaturated/α-hetero) is 1. The van der Waals surface area contributed by atoms with Crippen molar-refractivity contribution in [2.45, 2.75) is 74.5 Å². The molecule has 0 atom stereocenters. The monoisotopic (exact) mass is 1090 g/mol. The lowest BCUT2D eigenvalue weighted by atomic mass is 9.77. The number of hydrogen-bond acceptors (Lipinski definition) is 16. The summed E-state index contributed by atoms with van der Waals surface area (Å²) in [5.74, 6) is -2.10. The SMILES string of the molecule is CC1(C)C(C=C2C(=O)C(/C=C3/Nc4ccc(S(=O)(=O)O)cc4C3(C)C)=C2O)=Nc2ccc(SOOO)cc21.O=C1NCc2ccc(cc2)CNC(=O)c2cccc(n2)C(=O)NCc2ccc(cc2)CNC(=O)c2cccc1n2. The van der Waals surface area contributed by atoms with E-state index in [0.717, 1.165) is 39.9 Å². The summed E-state index contributed by atoms with van der Waals surface area (Å²) in [5.41, 5.74) is 7.00. The van der Waals surface area contributed by atoms with Gasteiger partial charge in [0.2, 0.25) is 5.78 Å². The smallest absolute Gasteiger partial charge is 0.294 e. The van der Waals surface area contributed by atoms with Crippen LogP contribution >= 0.6 is 12.0 Å². The third-order valence-corrected chi connectivity index (χ3v) is 14.9. The molecule has 1 aliphatic carbocycles. The third kappa shape index (κ3) is 11.7. The summed E-state index contributed by atoms with van der Waals surface area (Å²) in [6.45, 7) is 8.64. The molecule has 0 spiro atoms. The average Bonchev–Trinajstić information content (AvgIpc) is 4.08. The van der Waals surface area contributed by atoms with Crippen molar-refractivity contribution in [2.75, 3.05) is 5.32 Å². The van der Waals surface area contributed by atoms with Crippen LogP contribution in [-0.2, 0) is 61.3 Å². The second-order valence-electron chi connectivity index (χ2n) is 19.3. The molecule has 7 aliphatic rings. The summed E-state index contributed by atoms with van der Waals surface area (Å²) in [6.07, 6.45) is 3.14. The Morgan fingerprint density at radius 3 is 1.51 bits per heavy atom. The summed E-state index contributed by atoms with van der Waals surface area (Å²) in [7, 11) is -4.37. The third-order valence-electron chi connectivity index (χ3n) is 13.4. The summed E-state index contributed by atoms with van der Waals surface area (Å²) in [5, 5.41) is 37.3. The van der Waals surface area contributed by atoms with Crippen LogP contribution in [0.1, 0.15) is 103 Å². The van der Waals surface area contributed by atoms with Gasteiger partial charge in [-0.1, -0.05) is 93.4 Å². The van der Waals surface area contributed by atoms with Crippen molar-refractivity contribution in [1.82, 2.24) is 31.2 Å². The van der Waals surface area contributed by atoms with Gasteiger partial charge in [0.15, 0.2) is 0 Å². The van der Waals surface area contributed by atoms with Crippen LogP contribution in [0.25, 0.3) is 0 Å². The quantitative estimate of drug-likeness (QED) is 0.0259. The Morgan fingerprint density at radius 1 is 0.603 bits per heavy atom. The Kier molecular flexibility index (Phi) is 15.4. The lowest BCUT2D eigenvalue weighted by Gasteiger charge is -2.25. The van der Waals surface area contributed by atoms with E-state index in [1.165, 1.54) is 12.1 Å². The molecule has 78 heavy (non-hydrogen) atoms. The predicted octanol–water partition coefficient (Wildman–Crippen LogP) is 7.84. The molecule has 8 N–H and O–H groups in total. The van der Waals surface area contributed by atoms with Crippen LogP contribution in [0.2, 0.25) is 0 Å². The molecule has 0 radical (unpaired) electrons. The number of anilines is 1. The number of benzene rings is 4. The molecule has 6 aromatic rings. The van der Waals surface area contributed by atoms with Gasteiger partial charge in [0.25, 0.3) is 33.7 Å². The van der Waals surface area contributed by atoms with E-state index >= 15 is 0 Å². The number of pyridine rings is 2. The number of nitrogens with zero attached hydrogens (tertiary/aromatic N) is 3. The second kappa shape index (κ2) is 22.1. The largest absolute Gasteiger partial charge is 0.506 e. The number of carbonyl (C=O) groups excluding carboxylic acids is 5. The first-order valence-electron chi connectivity index (χ1n) is 24.1. The van der Waals surface area contributed by atoms with Gasteiger partial charge in [-0.3, -0.25) is 33.5 Å². The minimum absolute atomic E-state index is 0.128. The number of rotatable bonds is 6. The van der Waals surface area contributed by atoms with Crippen LogP contribution in [0.4, 0.5) is 11.4 Å². The molecule has 0 saturated carbocycles. The van der Waals surface area contributed by atoms with Crippen LogP contribution in [-0.4, -0.2) is 68.4 Å². The first kappa shape index (κ1) is 54.2. The van der Waals surface area contributed by atoms with E-state index in [9.17, 15) is 42.0 Å². The zero-order chi connectivity index (χ0) is 55.5. The topological polar surface area (TPSA) is 297 Å². The zero-order valence-electron chi connectivity index (χ0n) is 42.2. The molecule has 2 aromatic heterocycles. The standard InChI is InChI=1S/C30H26N6O4.C26H24N2O8S2/c37-27-23-3-1-4-24(35-23)28(38)32-16-20-9-13-22(14-10-20)18-34-30(40)26-6-2-5-25(36-26)29(39)33-17-21-11-7-19(8-12-21)15-31-27;1-25(2)17-9-13(37-36-35-31)5-7-19(17)27-21(25)11-15-23(29)16(24(15)30)12-22-26(3,4)18-10-14(38(32,33)34)6-8-20(18)28-22/h1-14H,15-18H2,(H,31,37)(H,32,38)(H,33,39)(H,34,40);5-12,28-29,31H,1-4H3,(H,32,33,34)/b;15-11?,22-12+. The Labute approximate surface area is 451 Å². The molecule has 8 bridgehead atoms. The number of aliphatic imine (C=N–C) groups is 1. The molecule has 4 aromatic carbocycles. The highest BCUT2D eigenvalue weighted by atomic mass is 32.2. The van der Waals surface area contributed by atoms with Crippen LogP contribution in [0.3, 0.4) is 0 Å². The van der Waals surface area contributed by atoms with E-state index in [2.05, 4.69) is 50.9 Å². The maximum atomic E-state index is 13.1. The molecule has 6 aliphatic heterocycles. The molecule has 0 unspecified atom stereocenters. The van der Waals surface area contributed by atoms with Gasteiger partial charge in [0.05, 0.1) is 39.5 Å². The molecule has 20 nitrogen and oxygen atoms in total. The predicted molar refractivity (Wildman–Crippen MR) is 287 cm³/mol. The number of fused-ring (bicyclic) bond motifs is 2. The highest BCUT2D eigenvalue weighted by molar-refractivity contribution is 7.94. The van der Waals surface area contributed by atoms with Gasteiger partial charge >= 0.3 is 0 Å². The number of nitrogens with one attached hydrogen (secondary N) is 5. The number of aliphatic hydroxyl groups is 1. The Morgan fingerprint density at radius 2 is 1.08 bits per heavy atom. The van der Waals surface area contributed by atoms with E-state index in [1.54, 1.807) is 66.7 Å². The van der Waals surface area contributed by atoms with E-state index in [1.807, 2.05) is 82.3 Å². The molecule has 4 amide bonds. The zero-order valence-corrected chi connectivity index (χ0v) is 43.8. The lowest BCUT2D eigenvalue weighted by Crippen LogP contribution is -2.28. The fourth-order valence-corrected chi connectivity index (χ4v) is 9.73. The molecule has 0 saturated heterocycles. The number of amides is 4. The summed E-state index contributed by atoms with van der Waals surface area (Å²) >= 11 is 0.837. The maximum Gasteiger partial charge on any atom is 0.294 e. The van der Waals surface area contributed by atoms with E-state index < -0.39 is 44.6 Å². The Hall–Kier alpha value is -8.64. The average molecular weight is 1090 g/mol. The molecular formula is C56H50N8O12S2. The van der Waals surface area contributed by atoms with Crippen LogP contribution in [0.5, 0.6) is 0 Å². The second-order valence-corrected chi connectivity index (χ2v) is 21.5. The number of hydrogen-bond donors (Lipinski definition) is 8. The van der Waals surface area contributed by atoms with Crippen molar-refractivity contribution in [3.05, 3.63) is 212 Å². The van der Waals surface area contributed by atoms with Crippen LogP contribution < -0.4 is 26.6 Å². The van der Waals surface area contributed by atoms with Crippen molar-refractivity contribution in [2.24, 2.45) is 4.99 Å². The van der Waals surface area contributed by atoms with Crippen molar-refractivity contribution >= 4 is 68.7 Å². The number of aliphatic hydroxyl groups excluding tert-OH is 1. The molecule has 0 fully saturated rings. The maximum absolute atomic E-state index is 13.1. The van der Waals surface area contributed by atoms with E-state index in [4.69, 9.17) is 5.26 Å². The number of ketones is 1. The van der Waals surface area contributed by atoms with Crippen molar-refractivity contribution in [3.63, 3.8) is 0 Å². The van der Waals surface area contributed by atoms with E-state index in [-0.39, 0.29) is 76.5 Å². The Balaban J connectivity index is 0.000000190. The molecule has 398 valence electrons. The first-order valence-corrected chi connectivity index (χ1v) is 26.3. The van der Waals surface area contributed by atoms with Crippen molar-refractivity contribution in [1.29, 1.82) is 0 Å². The normalized spacial score (nSPS) is 17.9. The van der Waals surface area contributed by atoms with Gasteiger partial charge in [0.1, 0.15) is 28.5 Å². The fraction of sp³-hybridized carbons (Fsp3) is 0.179. The minimum atomic E-state index is -4.37. The number of carbonyl (C=O) groups is 5. The number of aromatic nitrogens is 2. The van der Waals surface area contributed by atoms with Crippen molar-refractivity contribution < 1.29 is 56.7 Å². The van der Waals surface area contributed by atoms with Crippen LogP contribution in [0, 0.1) is 0 Å². The van der Waals surface area contributed by atoms with Gasteiger partial charge in [0, 0.05) is 53.3 Å². The van der Waals surface area contributed by atoms with Crippen LogP contribution in [0.15, 0.2) is 171 Å². The summed E-state index contributed by atoms with van der Waals surface area (Å²) in [6, 6.07) is 33.8. The molecular weight excluding hydrogens is 1040 g/mol. The lowest BCUT2D eigenvalue weighted by molar-refractivity contribution is -0.432. The van der Waals surface area contributed by atoms with Gasteiger partial charge in [-0.05, 0) is 106 Å². The molecule has 13 rings (SSSR count). The number of allylic oxidation sites excluding steroid dienone is 5. The first-order chi connectivity index (χ1) is 37.2. The van der Waals surface area contributed by atoms with Gasteiger partial charge in [-0.25, -0.2) is 15.2 Å². The van der Waals surface area contributed by atoms with Crippen molar-refractivity contribution in [3.8, 4) is 0 Å². The minimum Gasteiger partial charge on any atom is -0.506 e. The highest BCUT2D eigenvalue weighted by Crippen LogP contribution is 2.47. The fourth-order valence-electron chi connectivity index (χ4n) is 8.82. The highest BCUT2D eigenvalue weighted by Gasteiger charge is 2.41. The summed E-state index contributed by atoms with van der Waals surface area (Å²) < 4.78 is 37.1. The molecule has 8 heterocycles.